The number of aliphatic hydroxyl groups is 1. The number of ether oxygens (including phenoxy) is 3. The van der Waals surface area contributed by atoms with E-state index in [0.717, 1.165) is 0 Å². The number of carbonyl (C=O) groups is 1. The van der Waals surface area contributed by atoms with Gasteiger partial charge in [-0.1, -0.05) is 12.1 Å². The van der Waals surface area contributed by atoms with Crippen LogP contribution >= 0.6 is 0 Å². The molecule has 0 spiro atoms. The first kappa shape index (κ1) is 15.9. The fraction of sp³-hybridized carbons (Fsp3) is 0.235. The van der Waals surface area contributed by atoms with Gasteiger partial charge in [-0.15, -0.1) is 0 Å². The lowest BCUT2D eigenvalue weighted by molar-refractivity contribution is 0.0652. The molecule has 0 aliphatic rings. The van der Waals surface area contributed by atoms with Crippen molar-refractivity contribution in [2.45, 2.75) is 6.10 Å². The Morgan fingerprint density at radius 1 is 1.00 bits per heavy atom. The summed E-state index contributed by atoms with van der Waals surface area (Å²) < 4.78 is 15.8. The van der Waals surface area contributed by atoms with Crippen LogP contribution in [0, 0.1) is 0 Å². The molecule has 0 aliphatic carbocycles. The van der Waals surface area contributed by atoms with E-state index in [4.69, 9.17) is 14.2 Å². The zero-order valence-corrected chi connectivity index (χ0v) is 12.5. The van der Waals surface area contributed by atoms with Gasteiger partial charge in [0, 0.05) is 5.56 Å². The van der Waals surface area contributed by atoms with Crippen molar-refractivity contribution in [2.75, 3.05) is 20.8 Å². The normalized spacial score (nSPS) is 11.6. The second-order valence-electron chi connectivity index (χ2n) is 4.53. The molecule has 1 N–H and O–H groups in total. The van der Waals surface area contributed by atoms with Crippen molar-refractivity contribution in [1.29, 1.82) is 0 Å². The van der Waals surface area contributed by atoms with Crippen LogP contribution in [0.1, 0.15) is 10.4 Å². The van der Waals surface area contributed by atoms with E-state index < -0.39 is 12.7 Å². The fourth-order valence-corrected chi connectivity index (χ4v) is 1.98. The number of Topliss-reactive ketones (excluding diaryl/α,β-unsaturated/α-hetero) is 1. The van der Waals surface area contributed by atoms with E-state index in [0.29, 0.717) is 22.8 Å². The summed E-state index contributed by atoms with van der Waals surface area (Å²) >= 11 is 0. The lowest BCUT2D eigenvalue weighted by atomic mass is 10.1. The Hall–Kier alpha value is -2.53. The predicted molar refractivity (Wildman–Crippen MR) is 81.8 cm³/mol. The number of benzene rings is 2. The van der Waals surface area contributed by atoms with Crippen LogP contribution in [0.3, 0.4) is 0 Å². The molecule has 22 heavy (non-hydrogen) atoms. The van der Waals surface area contributed by atoms with Gasteiger partial charge in [-0.3, -0.25) is 4.79 Å². The van der Waals surface area contributed by atoms with Gasteiger partial charge in [0.25, 0.3) is 0 Å². The van der Waals surface area contributed by atoms with E-state index in [-0.39, 0.29) is 5.78 Å². The van der Waals surface area contributed by atoms with Gasteiger partial charge in [-0.05, 0) is 36.4 Å². The summed E-state index contributed by atoms with van der Waals surface area (Å²) in [4.78, 5) is 12.4. The molecule has 0 heterocycles. The van der Waals surface area contributed by atoms with Crippen LogP contribution < -0.4 is 14.2 Å². The molecule has 0 radical (unpaired) electrons. The van der Waals surface area contributed by atoms with Crippen LogP contribution in [0.2, 0.25) is 0 Å². The predicted octanol–water partition coefficient (Wildman–Crippen LogP) is 2.33. The third-order valence-corrected chi connectivity index (χ3v) is 3.17. The quantitative estimate of drug-likeness (QED) is 0.795. The highest BCUT2D eigenvalue weighted by Gasteiger charge is 2.22. The molecule has 2 aromatic rings. The molecule has 5 nitrogen and oxygen atoms in total. The Kier molecular flexibility index (Phi) is 5.38. The summed E-state index contributed by atoms with van der Waals surface area (Å²) in [6.45, 7) is -0.428. The summed E-state index contributed by atoms with van der Waals surface area (Å²) in [5.74, 6) is 1.26. The molecule has 0 unspecified atom stereocenters. The minimum atomic E-state index is -0.996. The Labute approximate surface area is 129 Å². The first-order valence-corrected chi connectivity index (χ1v) is 6.78. The Balaban J connectivity index is 2.18. The number of carbonyl (C=O) groups excluding carboxylic acids is 1. The van der Waals surface area contributed by atoms with E-state index in [1.165, 1.54) is 7.11 Å². The molecule has 1 atom stereocenters. The number of hydrogen-bond donors (Lipinski definition) is 1. The first-order valence-electron chi connectivity index (χ1n) is 6.78. The maximum atomic E-state index is 12.4. The molecule has 116 valence electrons. The standard InChI is InChI=1S/C17H18O5/c1-20-13-9-7-12(8-10-13)17(19)16(11-18)22-15-6-4-3-5-14(15)21-2/h3-10,16,18H,11H2,1-2H3/t16-/m1/s1. The highest BCUT2D eigenvalue weighted by molar-refractivity contribution is 5.99. The molecule has 0 saturated heterocycles. The third kappa shape index (κ3) is 3.56. The second kappa shape index (κ2) is 7.47. The van der Waals surface area contributed by atoms with E-state index in [2.05, 4.69) is 0 Å². The van der Waals surface area contributed by atoms with E-state index in [1.54, 1.807) is 55.6 Å². The second-order valence-corrected chi connectivity index (χ2v) is 4.53. The van der Waals surface area contributed by atoms with Crippen molar-refractivity contribution in [3.05, 3.63) is 54.1 Å². The molecule has 0 bridgehead atoms. The molecule has 2 aromatic carbocycles. The van der Waals surface area contributed by atoms with Crippen molar-refractivity contribution in [1.82, 2.24) is 0 Å². The van der Waals surface area contributed by atoms with E-state index in [9.17, 15) is 9.90 Å². The number of hydrogen-bond acceptors (Lipinski definition) is 5. The SMILES string of the molecule is COc1ccc(C(=O)[C@@H](CO)Oc2ccccc2OC)cc1. The highest BCUT2D eigenvalue weighted by Crippen LogP contribution is 2.27. The average Bonchev–Trinajstić information content (AvgIpc) is 2.59. The van der Waals surface area contributed by atoms with Gasteiger partial charge in [0.1, 0.15) is 5.75 Å². The lowest BCUT2D eigenvalue weighted by Gasteiger charge is -2.17. The Morgan fingerprint density at radius 3 is 2.18 bits per heavy atom. The fourth-order valence-electron chi connectivity index (χ4n) is 1.98. The number of para-hydroxylation sites is 2. The van der Waals surface area contributed by atoms with E-state index >= 15 is 0 Å². The molecule has 0 aromatic heterocycles. The summed E-state index contributed by atoms with van der Waals surface area (Å²) in [5.41, 5.74) is 0.440. The molecule has 5 heteroatoms. The zero-order chi connectivity index (χ0) is 15.9. The highest BCUT2D eigenvalue weighted by atomic mass is 16.5. The van der Waals surface area contributed by atoms with Crippen LogP contribution in [0.15, 0.2) is 48.5 Å². The summed E-state index contributed by atoms with van der Waals surface area (Å²) in [7, 11) is 3.07. The van der Waals surface area contributed by atoms with E-state index in [1.807, 2.05) is 0 Å². The van der Waals surface area contributed by atoms with Gasteiger partial charge in [-0.25, -0.2) is 0 Å². The molecule has 0 saturated carbocycles. The van der Waals surface area contributed by atoms with Gasteiger partial charge >= 0.3 is 0 Å². The summed E-state index contributed by atoms with van der Waals surface area (Å²) in [5, 5.41) is 9.47. The van der Waals surface area contributed by atoms with Crippen molar-refractivity contribution in [2.24, 2.45) is 0 Å². The molecular formula is C17H18O5. The summed E-state index contributed by atoms with van der Waals surface area (Å²) in [6.07, 6.45) is -0.996. The third-order valence-electron chi connectivity index (χ3n) is 3.17. The van der Waals surface area contributed by atoms with Crippen molar-refractivity contribution < 1.29 is 24.1 Å². The monoisotopic (exact) mass is 302 g/mol. The number of aliphatic hydroxyl groups excluding tert-OH is 1. The van der Waals surface area contributed by atoms with Crippen molar-refractivity contribution in [3.63, 3.8) is 0 Å². The first-order chi connectivity index (χ1) is 10.7. The number of ketones is 1. The number of methoxy groups -OCH3 is 2. The topological polar surface area (TPSA) is 65.0 Å². The molecular weight excluding hydrogens is 284 g/mol. The van der Waals surface area contributed by atoms with Crippen molar-refractivity contribution >= 4 is 5.78 Å². The lowest BCUT2D eigenvalue weighted by Crippen LogP contribution is -2.31. The van der Waals surface area contributed by atoms with Gasteiger partial charge in [0.05, 0.1) is 20.8 Å². The average molecular weight is 302 g/mol. The van der Waals surface area contributed by atoms with Gasteiger partial charge < -0.3 is 19.3 Å². The van der Waals surface area contributed by atoms with Gasteiger partial charge in [0.15, 0.2) is 17.6 Å². The van der Waals surface area contributed by atoms with Crippen LogP contribution in [0.4, 0.5) is 0 Å². The van der Waals surface area contributed by atoms with Crippen LogP contribution in [-0.4, -0.2) is 37.8 Å². The number of rotatable bonds is 7. The van der Waals surface area contributed by atoms with Crippen LogP contribution in [-0.2, 0) is 0 Å². The molecule has 0 amide bonds. The molecule has 0 aliphatic heterocycles. The summed E-state index contributed by atoms with van der Waals surface area (Å²) in [6, 6.07) is 13.6. The maximum absolute atomic E-state index is 12.4. The maximum Gasteiger partial charge on any atom is 0.205 e. The smallest absolute Gasteiger partial charge is 0.205 e. The molecule has 0 fully saturated rings. The van der Waals surface area contributed by atoms with Crippen LogP contribution in [0.25, 0.3) is 0 Å². The van der Waals surface area contributed by atoms with Gasteiger partial charge in [0.2, 0.25) is 5.78 Å². The molecule has 2 rings (SSSR count). The minimum Gasteiger partial charge on any atom is -0.497 e. The van der Waals surface area contributed by atoms with Crippen LogP contribution in [0.5, 0.6) is 17.2 Å². The Morgan fingerprint density at radius 2 is 1.64 bits per heavy atom. The largest absolute Gasteiger partial charge is 0.497 e. The Bertz CT molecular complexity index is 621. The zero-order valence-electron chi connectivity index (χ0n) is 12.5. The minimum absolute atomic E-state index is 0.309. The van der Waals surface area contributed by atoms with Gasteiger partial charge in [-0.2, -0.15) is 0 Å². The van der Waals surface area contributed by atoms with Crippen molar-refractivity contribution in [3.8, 4) is 17.2 Å².